The van der Waals surface area contributed by atoms with Gasteiger partial charge in [-0.25, -0.2) is 4.79 Å². The second kappa shape index (κ2) is 6.83. The van der Waals surface area contributed by atoms with Crippen molar-refractivity contribution in [3.63, 3.8) is 0 Å². The lowest BCUT2D eigenvalue weighted by atomic mass is 9.88. The molecule has 1 unspecified atom stereocenters. The zero-order valence-electron chi connectivity index (χ0n) is 12.9. The summed E-state index contributed by atoms with van der Waals surface area (Å²) in [5, 5.41) is 8.24. The van der Waals surface area contributed by atoms with Gasteiger partial charge in [0, 0.05) is 22.6 Å². The second-order valence-corrected chi connectivity index (χ2v) is 6.60. The molecule has 0 aliphatic heterocycles. The van der Waals surface area contributed by atoms with E-state index in [2.05, 4.69) is 17.2 Å². The van der Waals surface area contributed by atoms with Gasteiger partial charge in [-0.15, -0.1) is 0 Å². The third-order valence-corrected chi connectivity index (χ3v) is 4.46. The molecule has 1 aliphatic carbocycles. The number of nitrogens with two attached hydrogens (primary N) is 1. The maximum Gasteiger partial charge on any atom is 0.387 e. The summed E-state index contributed by atoms with van der Waals surface area (Å²) in [4.78, 5) is 17.1. The Balaban J connectivity index is 1.77. The van der Waals surface area contributed by atoms with Crippen LogP contribution in [-0.4, -0.2) is 17.0 Å². The zero-order valence-corrected chi connectivity index (χ0v) is 14.4. The van der Waals surface area contributed by atoms with Crippen molar-refractivity contribution >= 4 is 35.0 Å². The quantitative estimate of drug-likeness (QED) is 0.387. The van der Waals surface area contributed by atoms with E-state index in [9.17, 15) is 4.79 Å². The fourth-order valence-electron chi connectivity index (χ4n) is 2.62. The highest BCUT2D eigenvalue weighted by Crippen LogP contribution is 2.28. The summed E-state index contributed by atoms with van der Waals surface area (Å²) in [6.07, 6.45) is 2.50. The van der Waals surface area contributed by atoms with Crippen LogP contribution in [0.2, 0.25) is 10.0 Å². The monoisotopic (exact) mass is 367 g/mol. The van der Waals surface area contributed by atoms with Gasteiger partial charge in [-0.2, -0.15) is 0 Å². The van der Waals surface area contributed by atoms with Crippen LogP contribution in [0.15, 0.2) is 27.9 Å². The van der Waals surface area contributed by atoms with Gasteiger partial charge in [0.15, 0.2) is 11.5 Å². The molecule has 0 saturated heterocycles. The maximum absolute atomic E-state index is 12.2. The molecular weight excluding hydrogens is 353 g/mol. The van der Waals surface area contributed by atoms with E-state index >= 15 is 0 Å². The van der Waals surface area contributed by atoms with Crippen LogP contribution in [-0.2, 0) is 17.7 Å². The summed E-state index contributed by atoms with van der Waals surface area (Å²) < 4.78 is 5.21. The van der Waals surface area contributed by atoms with E-state index in [0.717, 1.165) is 30.6 Å². The third-order valence-electron chi connectivity index (χ3n) is 3.91. The van der Waals surface area contributed by atoms with Crippen molar-refractivity contribution in [3.05, 3.63) is 50.8 Å². The molecular formula is C16H15Cl2N3O3. The number of carbonyl (C=O) groups excluding carboxylic acids is 1. The number of aromatic nitrogens is 1. The molecule has 6 nitrogen and oxygen atoms in total. The molecule has 1 heterocycles. The van der Waals surface area contributed by atoms with Gasteiger partial charge < -0.3 is 15.1 Å². The van der Waals surface area contributed by atoms with Gasteiger partial charge in [0.1, 0.15) is 5.76 Å². The van der Waals surface area contributed by atoms with Crippen molar-refractivity contribution in [3.8, 4) is 0 Å². The molecule has 0 fully saturated rings. The molecule has 2 aromatic rings. The number of hydrogen-bond acceptors (Lipinski definition) is 5. The second-order valence-electron chi connectivity index (χ2n) is 5.76. The Morgan fingerprint density at radius 1 is 1.46 bits per heavy atom. The van der Waals surface area contributed by atoms with Crippen LogP contribution in [0.4, 0.5) is 0 Å². The average Bonchev–Trinajstić information content (AvgIpc) is 2.95. The van der Waals surface area contributed by atoms with Crippen LogP contribution in [0.5, 0.6) is 0 Å². The van der Waals surface area contributed by atoms with Gasteiger partial charge in [0.05, 0.1) is 5.02 Å². The van der Waals surface area contributed by atoms with E-state index in [1.54, 1.807) is 12.1 Å². The van der Waals surface area contributed by atoms with Gasteiger partial charge in [-0.05, 0) is 37.0 Å². The highest BCUT2D eigenvalue weighted by atomic mass is 35.5. The molecule has 8 heteroatoms. The average molecular weight is 368 g/mol. The molecule has 1 aromatic carbocycles. The molecule has 0 spiro atoms. The molecule has 0 amide bonds. The lowest BCUT2D eigenvalue weighted by molar-refractivity contribution is 0.0503. The lowest BCUT2D eigenvalue weighted by Crippen LogP contribution is -2.17. The van der Waals surface area contributed by atoms with Crippen LogP contribution in [0.3, 0.4) is 0 Å². The van der Waals surface area contributed by atoms with Crippen LogP contribution in [0, 0.1) is 5.92 Å². The predicted molar refractivity (Wildman–Crippen MR) is 90.3 cm³/mol. The summed E-state index contributed by atoms with van der Waals surface area (Å²) in [6, 6.07) is 4.73. The SMILES string of the molecule is CC1CCc2onc(C(=O)O/N=C(\N)c3ccc(Cl)cc3Cl)c2C1. The van der Waals surface area contributed by atoms with E-state index in [-0.39, 0.29) is 11.5 Å². The topological polar surface area (TPSA) is 90.7 Å². The first-order valence-corrected chi connectivity index (χ1v) is 8.19. The Hall–Kier alpha value is -2.05. The standard InChI is InChI=1S/C16H15Cl2N3O3/c1-8-2-5-13-11(6-8)14(20-23-13)16(22)24-21-15(19)10-4-3-9(17)7-12(10)18/h3-4,7-8H,2,5-6H2,1H3,(H2,19,21). The highest BCUT2D eigenvalue weighted by Gasteiger charge is 2.28. The first kappa shape index (κ1) is 16.8. The van der Waals surface area contributed by atoms with Crippen LogP contribution in [0.25, 0.3) is 0 Å². The van der Waals surface area contributed by atoms with Crippen molar-refractivity contribution in [1.29, 1.82) is 0 Å². The minimum absolute atomic E-state index is 0.0317. The number of nitrogens with zero attached hydrogens (tertiary/aromatic N) is 2. The molecule has 3 rings (SSSR count). The zero-order chi connectivity index (χ0) is 17.3. The Kier molecular flexibility index (Phi) is 4.78. The Bertz CT molecular complexity index is 817. The number of fused-ring (bicyclic) bond motifs is 1. The number of rotatable bonds is 3. The molecule has 126 valence electrons. The maximum atomic E-state index is 12.2. The Morgan fingerprint density at radius 3 is 3.00 bits per heavy atom. The summed E-state index contributed by atoms with van der Waals surface area (Å²) in [5.74, 6) is 0.459. The van der Waals surface area contributed by atoms with Gasteiger partial charge in [0.25, 0.3) is 0 Å². The number of aryl methyl sites for hydroxylation is 1. The molecule has 2 N–H and O–H groups in total. The van der Waals surface area contributed by atoms with E-state index in [0.29, 0.717) is 21.5 Å². The molecule has 0 radical (unpaired) electrons. The smallest absolute Gasteiger partial charge is 0.380 e. The van der Waals surface area contributed by atoms with Crippen molar-refractivity contribution < 1.29 is 14.2 Å². The highest BCUT2D eigenvalue weighted by molar-refractivity contribution is 6.36. The van der Waals surface area contributed by atoms with E-state index < -0.39 is 5.97 Å². The Labute approximate surface area is 148 Å². The summed E-state index contributed by atoms with van der Waals surface area (Å²) in [6.45, 7) is 2.11. The Morgan fingerprint density at radius 2 is 2.25 bits per heavy atom. The van der Waals surface area contributed by atoms with E-state index in [1.807, 2.05) is 0 Å². The first-order valence-electron chi connectivity index (χ1n) is 7.43. The molecule has 1 atom stereocenters. The number of oxime groups is 1. The van der Waals surface area contributed by atoms with Gasteiger partial charge in [-0.3, -0.25) is 0 Å². The lowest BCUT2D eigenvalue weighted by Gasteiger charge is -2.15. The molecule has 24 heavy (non-hydrogen) atoms. The fraction of sp³-hybridized carbons (Fsp3) is 0.312. The van der Waals surface area contributed by atoms with Crippen molar-refractivity contribution in [1.82, 2.24) is 5.16 Å². The van der Waals surface area contributed by atoms with E-state index in [4.69, 9.17) is 38.3 Å². The molecule has 1 aromatic heterocycles. The summed E-state index contributed by atoms with van der Waals surface area (Å²) >= 11 is 11.9. The first-order chi connectivity index (χ1) is 11.5. The summed E-state index contributed by atoms with van der Waals surface area (Å²) in [5.41, 5.74) is 7.17. The minimum Gasteiger partial charge on any atom is -0.380 e. The third kappa shape index (κ3) is 3.39. The van der Waals surface area contributed by atoms with Crippen LogP contribution in [0.1, 0.15) is 40.7 Å². The minimum atomic E-state index is -0.706. The molecule has 0 bridgehead atoms. The number of carbonyl (C=O) groups is 1. The largest absolute Gasteiger partial charge is 0.387 e. The number of amidine groups is 1. The van der Waals surface area contributed by atoms with Gasteiger partial charge >= 0.3 is 5.97 Å². The van der Waals surface area contributed by atoms with E-state index in [1.165, 1.54) is 6.07 Å². The van der Waals surface area contributed by atoms with Crippen molar-refractivity contribution in [2.24, 2.45) is 16.8 Å². The van der Waals surface area contributed by atoms with Gasteiger partial charge in [0.2, 0.25) is 0 Å². The van der Waals surface area contributed by atoms with Gasteiger partial charge in [-0.1, -0.05) is 40.4 Å². The normalized spacial score (nSPS) is 17.5. The predicted octanol–water partition coefficient (Wildman–Crippen LogP) is 3.58. The summed E-state index contributed by atoms with van der Waals surface area (Å²) in [7, 11) is 0. The van der Waals surface area contributed by atoms with Crippen molar-refractivity contribution in [2.45, 2.75) is 26.2 Å². The van der Waals surface area contributed by atoms with Crippen LogP contribution < -0.4 is 5.73 Å². The number of hydrogen-bond donors (Lipinski definition) is 1. The molecule has 1 aliphatic rings. The number of halogens is 2. The molecule has 0 saturated carbocycles. The fourth-order valence-corrected chi connectivity index (χ4v) is 3.12. The number of benzene rings is 1. The van der Waals surface area contributed by atoms with Crippen LogP contribution >= 0.6 is 23.2 Å². The van der Waals surface area contributed by atoms with Crippen molar-refractivity contribution in [2.75, 3.05) is 0 Å².